The number of aromatic nitrogens is 2. The summed E-state index contributed by atoms with van der Waals surface area (Å²) in [5.74, 6) is -0.0783. The Morgan fingerprint density at radius 2 is 2.27 bits per heavy atom. The second kappa shape index (κ2) is 4.63. The van der Waals surface area contributed by atoms with Gasteiger partial charge in [0.1, 0.15) is 0 Å². The third-order valence-corrected chi connectivity index (χ3v) is 3.20. The normalized spacial score (nSPS) is 11.7. The quantitative estimate of drug-likeness (QED) is 0.728. The first kappa shape index (κ1) is 12.0. The van der Waals surface area contributed by atoms with Crippen molar-refractivity contribution in [3.05, 3.63) is 11.9 Å². The van der Waals surface area contributed by atoms with Gasteiger partial charge >= 0.3 is 0 Å². The largest absolute Gasteiger partial charge is 0.329 e. The molecular formula is C8H16N4O2S. The van der Waals surface area contributed by atoms with Crippen LogP contribution in [0.25, 0.3) is 0 Å². The molecule has 1 aromatic rings. The molecule has 7 heteroatoms. The highest BCUT2D eigenvalue weighted by Gasteiger charge is 2.13. The van der Waals surface area contributed by atoms with Crippen LogP contribution in [-0.2, 0) is 23.5 Å². The Bertz CT molecular complexity index is 424. The fourth-order valence-corrected chi connectivity index (χ4v) is 2.17. The molecule has 1 rings (SSSR count). The number of hydrogen-bond acceptors (Lipinski definition) is 4. The van der Waals surface area contributed by atoms with Crippen LogP contribution in [0.1, 0.15) is 12.6 Å². The molecule has 86 valence electrons. The van der Waals surface area contributed by atoms with Crippen molar-refractivity contribution in [3.63, 3.8) is 0 Å². The number of hydrogen-bond donors (Lipinski definition) is 2. The van der Waals surface area contributed by atoms with E-state index in [9.17, 15) is 8.42 Å². The Morgan fingerprint density at radius 3 is 2.80 bits per heavy atom. The van der Waals surface area contributed by atoms with Gasteiger partial charge in [0, 0.05) is 19.8 Å². The van der Waals surface area contributed by atoms with Crippen LogP contribution >= 0.6 is 0 Å². The van der Waals surface area contributed by atoms with Crippen LogP contribution in [0.4, 0.5) is 5.69 Å². The number of nitrogens with two attached hydrogens (primary N) is 1. The minimum absolute atomic E-state index is 0.0783. The van der Waals surface area contributed by atoms with Crippen molar-refractivity contribution < 1.29 is 8.42 Å². The van der Waals surface area contributed by atoms with E-state index in [2.05, 4.69) is 9.82 Å². The molecule has 15 heavy (non-hydrogen) atoms. The first-order chi connectivity index (χ1) is 6.98. The molecule has 0 saturated heterocycles. The van der Waals surface area contributed by atoms with Crippen LogP contribution in [0.3, 0.4) is 0 Å². The molecular weight excluding hydrogens is 216 g/mol. The average molecular weight is 232 g/mol. The van der Waals surface area contributed by atoms with Crippen molar-refractivity contribution in [1.29, 1.82) is 0 Å². The zero-order valence-corrected chi connectivity index (χ0v) is 9.71. The van der Waals surface area contributed by atoms with Crippen LogP contribution in [0.2, 0.25) is 0 Å². The second-order valence-corrected chi connectivity index (χ2v) is 5.07. The zero-order valence-electron chi connectivity index (χ0n) is 8.90. The predicted molar refractivity (Wildman–Crippen MR) is 59.0 cm³/mol. The van der Waals surface area contributed by atoms with E-state index in [0.717, 1.165) is 5.69 Å². The van der Waals surface area contributed by atoms with Crippen molar-refractivity contribution in [3.8, 4) is 0 Å². The summed E-state index contributed by atoms with van der Waals surface area (Å²) in [4.78, 5) is 0. The van der Waals surface area contributed by atoms with E-state index in [1.165, 1.54) is 0 Å². The Labute approximate surface area is 89.5 Å². The highest BCUT2D eigenvalue weighted by molar-refractivity contribution is 7.92. The fourth-order valence-electron chi connectivity index (χ4n) is 1.25. The lowest BCUT2D eigenvalue weighted by molar-refractivity contribution is 0.601. The number of rotatable bonds is 5. The maximum atomic E-state index is 11.4. The SMILES string of the molecule is CCc1nn(C)cc1NS(=O)(=O)CCN. The zero-order chi connectivity index (χ0) is 11.5. The molecule has 0 fully saturated rings. The van der Waals surface area contributed by atoms with Gasteiger partial charge in [-0.1, -0.05) is 6.92 Å². The molecule has 0 radical (unpaired) electrons. The first-order valence-corrected chi connectivity index (χ1v) is 6.37. The third kappa shape index (κ3) is 3.21. The van der Waals surface area contributed by atoms with Gasteiger partial charge in [0.25, 0.3) is 0 Å². The van der Waals surface area contributed by atoms with E-state index in [0.29, 0.717) is 12.1 Å². The monoisotopic (exact) mass is 232 g/mol. The molecule has 0 saturated carbocycles. The topological polar surface area (TPSA) is 90.0 Å². The molecule has 0 aliphatic rings. The lowest BCUT2D eigenvalue weighted by atomic mass is 10.3. The Morgan fingerprint density at radius 1 is 1.60 bits per heavy atom. The van der Waals surface area contributed by atoms with Gasteiger partial charge in [0.05, 0.1) is 17.1 Å². The standard InChI is InChI=1S/C8H16N4O2S/c1-3-7-8(6-12(2)10-7)11-15(13,14)5-4-9/h6,11H,3-5,9H2,1-2H3. The summed E-state index contributed by atoms with van der Waals surface area (Å²) in [6.45, 7) is 2.03. The summed E-state index contributed by atoms with van der Waals surface area (Å²) < 4.78 is 26.9. The van der Waals surface area contributed by atoms with Gasteiger partial charge in [-0.25, -0.2) is 8.42 Å². The second-order valence-electron chi connectivity index (χ2n) is 3.23. The van der Waals surface area contributed by atoms with E-state index in [4.69, 9.17) is 5.73 Å². The fraction of sp³-hybridized carbons (Fsp3) is 0.625. The van der Waals surface area contributed by atoms with Crippen molar-refractivity contribution in [1.82, 2.24) is 9.78 Å². The Kier molecular flexibility index (Phi) is 3.70. The lowest BCUT2D eigenvalue weighted by Crippen LogP contribution is -2.22. The summed E-state index contributed by atoms with van der Waals surface area (Å²) in [7, 11) is -1.58. The van der Waals surface area contributed by atoms with Crippen LogP contribution in [0.15, 0.2) is 6.20 Å². The first-order valence-electron chi connectivity index (χ1n) is 4.71. The average Bonchev–Trinajstić information content (AvgIpc) is 2.44. The molecule has 3 N–H and O–H groups in total. The van der Waals surface area contributed by atoms with E-state index >= 15 is 0 Å². The molecule has 0 aliphatic heterocycles. The Balaban J connectivity index is 2.88. The molecule has 0 spiro atoms. The molecule has 1 aromatic heterocycles. The van der Waals surface area contributed by atoms with Crippen molar-refractivity contribution >= 4 is 15.7 Å². The summed E-state index contributed by atoms with van der Waals surface area (Å²) >= 11 is 0. The predicted octanol–water partition coefficient (Wildman–Crippen LogP) is -0.317. The van der Waals surface area contributed by atoms with E-state index in [1.807, 2.05) is 6.92 Å². The summed E-state index contributed by atoms with van der Waals surface area (Å²) in [5.41, 5.74) is 6.47. The van der Waals surface area contributed by atoms with Gasteiger partial charge in [-0.3, -0.25) is 9.40 Å². The van der Waals surface area contributed by atoms with Crippen LogP contribution in [-0.4, -0.2) is 30.5 Å². The van der Waals surface area contributed by atoms with Crippen LogP contribution in [0, 0.1) is 0 Å². The maximum absolute atomic E-state index is 11.4. The molecule has 1 heterocycles. The van der Waals surface area contributed by atoms with Gasteiger partial charge in [-0.05, 0) is 6.42 Å². The number of nitrogens with one attached hydrogen (secondary N) is 1. The molecule has 0 bridgehead atoms. The number of sulfonamides is 1. The smallest absolute Gasteiger partial charge is 0.234 e. The lowest BCUT2D eigenvalue weighted by Gasteiger charge is -2.05. The van der Waals surface area contributed by atoms with E-state index in [-0.39, 0.29) is 12.3 Å². The minimum atomic E-state index is -3.33. The van der Waals surface area contributed by atoms with Crippen molar-refractivity contribution in [2.75, 3.05) is 17.0 Å². The molecule has 0 atom stereocenters. The number of nitrogens with zero attached hydrogens (tertiary/aromatic N) is 2. The maximum Gasteiger partial charge on any atom is 0.234 e. The minimum Gasteiger partial charge on any atom is -0.329 e. The van der Waals surface area contributed by atoms with Crippen molar-refractivity contribution in [2.24, 2.45) is 12.8 Å². The van der Waals surface area contributed by atoms with Gasteiger partial charge in [-0.15, -0.1) is 0 Å². The molecule has 0 aromatic carbocycles. The summed E-state index contributed by atoms with van der Waals surface area (Å²) in [5, 5.41) is 4.13. The number of anilines is 1. The summed E-state index contributed by atoms with van der Waals surface area (Å²) in [6, 6.07) is 0. The van der Waals surface area contributed by atoms with Crippen LogP contribution in [0.5, 0.6) is 0 Å². The Hall–Kier alpha value is -1.08. The molecule has 6 nitrogen and oxygen atoms in total. The molecule has 0 amide bonds. The third-order valence-electron chi connectivity index (χ3n) is 1.89. The number of aryl methyl sites for hydroxylation is 2. The van der Waals surface area contributed by atoms with E-state index < -0.39 is 10.0 Å². The summed E-state index contributed by atoms with van der Waals surface area (Å²) in [6.07, 6.45) is 2.33. The highest BCUT2D eigenvalue weighted by atomic mass is 32.2. The van der Waals surface area contributed by atoms with E-state index in [1.54, 1.807) is 17.9 Å². The highest BCUT2D eigenvalue weighted by Crippen LogP contribution is 2.15. The van der Waals surface area contributed by atoms with Gasteiger partial charge < -0.3 is 5.73 Å². The van der Waals surface area contributed by atoms with Crippen LogP contribution < -0.4 is 10.5 Å². The van der Waals surface area contributed by atoms with Gasteiger partial charge in [-0.2, -0.15) is 5.10 Å². The van der Waals surface area contributed by atoms with Crippen molar-refractivity contribution in [2.45, 2.75) is 13.3 Å². The van der Waals surface area contributed by atoms with Gasteiger partial charge in [0.15, 0.2) is 0 Å². The van der Waals surface area contributed by atoms with Gasteiger partial charge in [0.2, 0.25) is 10.0 Å². The molecule has 0 aliphatic carbocycles. The molecule has 0 unspecified atom stereocenters.